The summed E-state index contributed by atoms with van der Waals surface area (Å²) in [6.45, 7) is 2.97. The molecule has 0 fully saturated rings. The lowest BCUT2D eigenvalue weighted by Gasteiger charge is -2.21. The van der Waals surface area contributed by atoms with Gasteiger partial charge in [-0.2, -0.15) is 0 Å². The summed E-state index contributed by atoms with van der Waals surface area (Å²) in [7, 11) is 3.30. The number of nitrogens with zero attached hydrogens (tertiary/aromatic N) is 1. The number of rotatable bonds is 10. The van der Waals surface area contributed by atoms with Gasteiger partial charge >= 0.3 is 0 Å². The van der Waals surface area contributed by atoms with Gasteiger partial charge in [0.05, 0.1) is 18.2 Å². The Morgan fingerprint density at radius 3 is 2.52 bits per heavy atom. The number of methoxy groups -OCH3 is 2. The van der Waals surface area contributed by atoms with Crippen LogP contribution in [0.15, 0.2) is 18.2 Å². The maximum Gasteiger partial charge on any atom is 0.178 e. The van der Waals surface area contributed by atoms with Gasteiger partial charge < -0.3 is 9.47 Å². The van der Waals surface area contributed by atoms with Crippen LogP contribution in [0.3, 0.4) is 0 Å². The van der Waals surface area contributed by atoms with Crippen LogP contribution in [0.25, 0.3) is 0 Å². The number of hydrogen-bond donors (Lipinski definition) is 0. The molecule has 0 unspecified atom stereocenters. The Morgan fingerprint density at radius 2 is 1.86 bits per heavy atom. The van der Waals surface area contributed by atoms with Crippen LogP contribution in [-0.4, -0.2) is 57.8 Å². The summed E-state index contributed by atoms with van der Waals surface area (Å²) in [6, 6.07) is 4.92. The Hall–Kier alpha value is -0.650. The minimum atomic E-state index is -0.0454. The normalized spacial score (nSPS) is 11.1. The van der Waals surface area contributed by atoms with Gasteiger partial charge in [0.2, 0.25) is 0 Å². The summed E-state index contributed by atoms with van der Waals surface area (Å²) in [5.74, 6) is -0.0454. The highest BCUT2D eigenvalue weighted by molar-refractivity contribution is 6.36. The Morgan fingerprint density at radius 1 is 1.14 bits per heavy atom. The number of hydrogen-bond acceptors (Lipinski definition) is 4. The van der Waals surface area contributed by atoms with Crippen LogP contribution in [-0.2, 0) is 9.47 Å². The molecule has 0 spiro atoms. The van der Waals surface area contributed by atoms with E-state index in [-0.39, 0.29) is 12.3 Å². The lowest BCUT2D eigenvalue weighted by atomic mass is 10.1. The quantitative estimate of drug-likeness (QED) is 0.487. The fraction of sp³-hybridized carbons (Fsp3) is 0.533. The van der Waals surface area contributed by atoms with Crippen LogP contribution in [0.1, 0.15) is 16.8 Å². The van der Waals surface area contributed by atoms with Crippen molar-refractivity contribution in [3.8, 4) is 0 Å². The Bertz CT molecular complexity index is 455. The lowest BCUT2D eigenvalue weighted by Crippen LogP contribution is -2.34. The standard InChI is InChI=1S/C15H21Cl2NO3/c1-20-8-3-6-18(7-9-21-2)11-15(19)13-10-12(16)4-5-14(13)17/h4-5,10H,3,6-9,11H2,1-2H3. The molecule has 4 nitrogen and oxygen atoms in total. The van der Waals surface area contributed by atoms with Crippen LogP contribution in [0.5, 0.6) is 0 Å². The zero-order valence-corrected chi connectivity index (χ0v) is 13.9. The first kappa shape index (κ1) is 18.4. The topological polar surface area (TPSA) is 38.8 Å². The third-order valence-electron chi connectivity index (χ3n) is 3.03. The van der Waals surface area contributed by atoms with Crippen LogP contribution >= 0.6 is 23.2 Å². The van der Waals surface area contributed by atoms with E-state index in [1.165, 1.54) is 0 Å². The van der Waals surface area contributed by atoms with E-state index < -0.39 is 0 Å². The van der Waals surface area contributed by atoms with Gasteiger partial charge in [-0.25, -0.2) is 0 Å². The van der Waals surface area contributed by atoms with E-state index in [0.717, 1.165) is 13.0 Å². The van der Waals surface area contributed by atoms with E-state index in [4.69, 9.17) is 32.7 Å². The highest BCUT2D eigenvalue weighted by Gasteiger charge is 2.15. The molecule has 0 saturated heterocycles. The molecule has 0 aromatic heterocycles. The van der Waals surface area contributed by atoms with E-state index >= 15 is 0 Å². The summed E-state index contributed by atoms with van der Waals surface area (Å²) in [6.07, 6.45) is 0.858. The number of carbonyl (C=O) groups excluding carboxylic acids is 1. The van der Waals surface area contributed by atoms with E-state index in [1.807, 2.05) is 4.90 Å². The molecular formula is C15H21Cl2NO3. The summed E-state index contributed by atoms with van der Waals surface area (Å²) in [5.41, 5.74) is 0.457. The maximum atomic E-state index is 12.4. The van der Waals surface area contributed by atoms with Gasteiger partial charge in [0.15, 0.2) is 5.78 Å². The van der Waals surface area contributed by atoms with Crippen molar-refractivity contribution in [1.82, 2.24) is 4.90 Å². The Balaban J connectivity index is 2.67. The van der Waals surface area contributed by atoms with Crippen LogP contribution in [0.4, 0.5) is 0 Å². The minimum Gasteiger partial charge on any atom is -0.385 e. The molecule has 1 aromatic carbocycles. The SMILES string of the molecule is COCCCN(CCOC)CC(=O)c1cc(Cl)ccc1Cl. The summed E-state index contributed by atoms with van der Waals surface area (Å²) >= 11 is 12.0. The fourth-order valence-electron chi connectivity index (χ4n) is 1.92. The van der Waals surface area contributed by atoms with Gasteiger partial charge in [-0.1, -0.05) is 23.2 Å². The highest BCUT2D eigenvalue weighted by Crippen LogP contribution is 2.21. The molecule has 1 rings (SSSR count). The number of ketones is 1. The first-order valence-corrected chi connectivity index (χ1v) is 7.52. The predicted molar refractivity (Wildman–Crippen MR) is 85.6 cm³/mol. The first-order valence-electron chi connectivity index (χ1n) is 6.77. The highest BCUT2D eigenvalue weighted by atomic mass is 35.5. The molecule has 0 aliphatic carbocycles. The van der Waals surface area contributed by atoms with Crippen LogP contribution < -0.4 is 0 Å². The molecule has 0 amide bonds. The summed E-state index contributed by atoms with van der Waals surface area (Å²) < 4.78 is 10.1. The third kappa shape index (κ3) is 6.76. The van der Waals surface area contributed by atoms with Gasteiger partial charge in [-0.15, -0.1) is 0 Å². The second-order valence-corrected chi connectivity index (χ2v) is 5.51. The van der Waals surface area contributed by atoms with Crippen molar-refractivity contribution in [3.63, 3.8) is 0 Å². The monoisotopic (exact) mass is 333 g/mol. The first-order chi connectivity index (χ1) is 10.1. The molecular weight excluding hydrogens is 313 g/mol. The molecule has 0 aliphatic heterocycles. The van der Waals surface area contributed by atoms with E-state index in [1.54, 1.807) is 32.4 Å². The Kier molecular flexibility index (Phi) is 8.88. The van der Waals surface area contributed by atoms with Gasteiger partial charge in [-0.05, 0) is 24.6 Å². The maximum absolute atomic E-state index is 12.4. The number of ether oxygens (including phenoxy) is 2. The van der Waals surface area contributed by atoms with Gasteiger partial charge in [0.25, 0.3) is 0 Å². The Labute approximate surface area is 135 Å². The number of halogens is 2. The van der Waals surface area contributed by atoms with Crippen molar-refractivity contribution in [2.45, 2.75) is 6.42 Å². The molecule has 6 heteroatoms. The van der Waals surface area contributed by atoms with Crippen molar-refractivity contribution in [1.29, 1.82) is 0 Å². The molecule has 0 radical (unpaired) electrons. The largest absolute Gasteiger partial charge is 0.385 e. The van der Waals surface area contributed by atoms with Gasteiger partial charge in [0, 0.05) is 44.5 Å². The molecule has 0 atom stereocenters. The van der Waals surface area contributed by atoms with Crippen molar-refractivity contribution < 1.29 is 14.3 Å². The summed E-state index contributed by atoms with van der Waals surface area (Å²) in [4.78, 5) is 14.4. The van der Waals surface area contributed by atoms with E-state index in [9.17, 15) is 4.79 Å². The molecule has 0 bridgehead atoms. The van der Waals surface area contributed by atoms with Crippen molar-refractivity contribution in [2.75, 3.05) is 47.1 Å². The smallest absolute Gasteiger partial charge is 0.178 e. The molecule has 0 heterocycles. The van der Waals surface area contributed by atoms with Crippen LogP contribution in [0.2, 0.25) is 10.0 Å². The minimum absolute atomic E-state index is 0.0454. The van der Waals surface area contributed by atoms with Crippen molar-refractivity contribution >= 4 is 29.0 Å². The molecule has 118 valence electrons. The molecule has 1 aromatic rings. The lowest BCUT2D eigenvalue weighted by molar-refractivity contribution is 0.0878. The van der Waals surface area contributed by atoms with Crippen molar-refractivity contribution in [3.05, 3.63) is 33.8 Å². The van der Waals surface area contributed by atoms with Crippen molar-refractivity contribution in [2.24, 2.45) is 0 Å². The number of benzene rings is 1. The second kappa shape index (κ2) is 10.1. The van der Waals surface area contributed by atoms with E-state index in [0.29, 0.717) is 35.4 Å². The number of carbonyl (C=O) groups is 1. The average molecular weight is 334 g/mol. The molecule has 0 saturated carbocycles. The fourth-order valence-corrected chi connectivity index (χ4v) is 2.32. The van der Waals surface area contributed by atoms with Gasteiger partial charge in [-0.3, -0.25) is 9.69 Å². The average Bonchev–Trinajstić information content (AvgIpc) is 2.47. The zero-order valence-electron chi connectivity index (χ0n) is 12.4. The molecule has 0 aliphatic rings. The third-order valence-corrected chi connectivity index (χ3v) is 3.60. The zero-order chi connectivity index (χ0) is 15.7. The summed E-state index contributed by atoms with van der Waals surface area (Å²) in [5, 5.41) is 0.929. The van der Waals surface area contributed by atoms with Gasteiger partial charge in [0.1, 0.15) is 0 Å². The van der Waals surface area contributed by atoms with E-state index in [2.05, 4.69) is 0 Å². The molecule has 0 N–H and O–H groups in total. The number of Topliss-reactive ketones (excluding diaryl/α,β-unsaturated/α-hetero) is 1. The second-order valence-electron chi connectivity index (χ2n) is 4.66. The predicted octanol–water partition coefficient (Wildman–Crippen LogP) is 3.16. The van der Waals surface area contributed by atoms with Crippen LogP contribution in [0, 0.1) is 0 Å². The molecule has 21 heavy (non-hydrogen) atoms.